The smallest absolute Gasteiger partial charge is 0.179 e. The Balaban J connectivity index is 2.06. The second-order valence-corrected chi connectivity index (χ2v) is 4.05. The van der Waals surface area contributed by atoms with Gasteiger partial charge in [-0.15, -0.1) is 0 Å². The van der Waals surface area contributed by atoms with E-state index in [9.17, 15) is 13.6 Å². The number of ketones is 1. The first kappa shape index (κ1) is 12.1. The van der Waals surface area contributed by atoms with E-state index in [0.29, 0.717) is 0 Å². The van der Waals surface area contributed by atoms with Crippen molar-refractivity contribution in [3.63, 3.8) is 0 Å². The second-order valence-electron chi connectivity index (χ2n) is 4.05. The van der Waals surface area contributed by atoms with Crippen molar-refractivity contribution in [3.8, 4) is 0 Å². The minimum atomic E-state index is -1.05. The molecule has 17 heavy (non-hydrogen) atoms. The first-order valence-electron chi connectivity index (χ1n) is 5.59. The number of nitrogens with zero attached hydrogens (tertiary/aromatic N) is 1. The molecule has 0 amide bonds. The van der Waals surface area contributed by atoms with Crippen molar-refractivity contribution < 1.29 is 13.6 Å². The van der Waals surface area contributed by atoms with Gasteiger partial charge >= 0.3 is 0 Å². The number of Topliss-reactive ketones (excluding diaryl/α,β-unsaturated/α-hetero) is 1. The minimum Gasteiger partial charge on any atom is -0.314 e. The van der Waals surface area contributed by atoms with Crippen LogP contribution in [-0.2, 0) is 0 Å². The van der Waals surface area contributed by atoms with Crippen molar-refractivity contribution in [2.45, 2.75) is 0 Å². The fraction of sp³-hybridized carbons (Fsp3) is 0.417. The van der Waals surface area contributed by atoms with E-state index in [1.54, 1.807) is 0 Å². The van der Waals surface area contributed by atoms with E-state index in [2.05, 4.69) is 5.32 Å². The normalized spacial score (nSPS) is 17.1. The summed E-state index contributed by atoms with van der Waals surface area (Å²) in [4.78, 5) is 13.8. The molecule has 0 unspecified atom stereocenters. The summed E-state index contributed by atoms with van der Waals surface area (Å²) in [5, 5.41) is 3.16. The van der Waals surface area contributed by atoms with Crippen LogP contribution in [0.15, 0.2) is 18.2 Å². The van der Waals surface area contributed by atoms with Gasteiger partial charge in [0.15, 0.2) is 17.4 Å². The zero-order chi connectivity index (χ0) is 12.3. The number of piperazine rings is 1. The van der Waals surface area contributed by atoms with E-state index >= 15 is 0 Å². The maximum atomic E-state index is 13.4. The zero-order valence-electron chi connectivity index (χ0n) is 9.38. The molecule has 1 heterocycles. The van der Waals surface area contributed by atoms with E-state index < -0.39 is 11.6 Å². The molecule has 1 saturated heterocycles. The van der Waals surface area contributed by atoms with E-state index in [1.165, 1.54) is 12.1 Å². The van der Waals surface area contributed by atoms with Crippen molar-refractivity contribution in [1.82, 2.24) is 10.2 Å². The summed E-state index contributed by atoms with van der Waals surface area (Å²) < 4.78 is 26.3. The van der Waals surface area contributed by atoms with Crippen LogP contribution >= 0.6 is 0 Å². The Kier molecular flexibility index (Phi) is 3.81. The van der Waals surface area contributed by atoms with Crippen molar-refractivity contribution in [2.75, 3.05) is 32.7 Å². The van der Waals surface area contributed by atoms with Crippen LogP contribution in [-0.4, -0.2) is 43.4 Å². The van der Waals surface area contributed by atoms with Gasteiger partial charge in [-0.3, -0.25) is 9.69 Å². The topological polar surface area (TPSA) is 32.3 Å². The van der Waals surface area contributed by atoms with Gasteiger partial charge in [-0.05, 0) is 12.1 Å². The molecule has 0 spiro atoms. The van der Waals surface area contributed by atoms with Crippen molar-refractivity contribution >= 4 is 5.78 Å². The van der Waals surface area contributed by atoms with Gasteiger partial charge in [-0.25, -0.2) is 8.78 Å². The van der Waals surface area contributed by atoms with Crippen LogP contribution in [0.4, 0.5) is 8.78 Å². The summed E-state index contributed by atoms with van der Waals surface area (Å²) in [6.07, 6.45) is 0. The van der Waals surface area contributed by atoms with Crippen LogP contribution in [0.1, 0.15) is 10.4 Å². The lowest BCUT2D eigenvalue weighted by Crippen LogP contribution is -2.45. The lowest BCUT2D eigenvalue weighted by atomic mass is 10.1. The van der Waals surface area contributed by atoms with Gasteiger partial charge in [0.2, 0.25) is 0 Å². The minimum absolute atomic E-state index is 0.141. The molecule has 1 fully saturated rings. The molecule has 1 N–H and O–H groups in total. The quantitative estimate of drug-likeness (QED) is 0.802. The molecule has 1 aromatic rings. The fourth-order valence-electron chi connectivity index (χ4n) is 1.88. The van der Waals surface area contributed by atoms with Gasteiger partial charge < -0.3 is 5.32 Å². The standard InChI is InChI=1S/C12H14F2N2O/c13-10-3-1-2-9(12(10)14)11(17)8-16-6-4-15-5-7-16/h1-3,15H,4-8H2. The molecular weight excluding hydrogens is 226 g/mol. The molecule has 1 aromatic carbocycles. The highest BCUT2D eigenvalue weighted by molar-refractivity contribution is 5.97. The first-order chi connectivity index (χ1) is 8.18. The van der Waals surface area contributed by atoms with Crippen molar-refractivity contribution in [3.05, 3.63) is 35.4 Å². The summed E-state index contributed by atoms with van der Waals surface area (Å²) in [6.45, 7) is 3.28. The fourth-order valence-corrected chi connectivity index (χ4v) is 1.88. The second kappa shape index (κ2) is 5.33. The predicted molar refractivity (Wildman–Crippen MR) is 60.0 cm³/mol. The Morgan fingerprint density at radius 2 is 2.00 bits per heavy atom. The lowest BCUT2D eigenvalue weighted by molar-refractivity contribution is 0.0916. The number of halogens is 2. The number of rotatable bonds is 3. The Morgan fingerprint density at radius 1 is 1.29 bits per heavy atom. The maximum absolute atomic E-state index is 13.4. The van der Waals surface area contributed by atoms with Crippen LogP contribution in [0.5, 0.6) is 0 Å². The number of carbonyl (C=O) groups excluding carboxylic acids is 1. The van der Waals surface area contributed by atoms with Crippen LogP contribution in [0, 0.1) is 11.6 Å². The Labute approximate surface area is 98.4 Å². The number of benzene rings is 1. The molecule has 0 saturated carbocycles. The molecule has 1 aliphatic heterocycles. The van der Waals surface area contributed by atoms with Crippen LogP contribution in [0.2, 0.25) is 0 Å². The van der Waals surface area contributed by atoms with E-state index in [-0.39, 0.29) is 17.9 Å². The van der Waals surface area contributed by atoms with Crippen LogP contribution in [0.3, 0.4) is 0 Å². The highest BCUT2D eigenvalue weighted by atomic mass is 19.2. The number of nitrogens with one attached hydrogen (secondary N) is 1. The molecule has 3 nitrogen and oxygen atoms in total. The first-order valence-corrected chi connectivity index (χ1v) is 5.59. The van der Waals surface area contributed by atoms with Gasteiger partial charge in [0, 0.05) is 26.2 Å². The Bertz CT molecular complexity index is 417. The van der Waals surface area contributed by atoms with E-state index in [0.717, 1.165) is 32.2 Å². The lowest BCUT2D eigenvalue weighted by Gasteiger charge is -2.26. The predicted octanol–water partition coefficient (Wildman–Crippen LogP) is 1.05. The number of carbonyl (C=O) groups is 1. The van der Waals surface area contributed by atoms with Crippen molar-refractivity contribution in [1.29, 1.82) is 0 Å². The number of hydrogen-bond donors (Lipinski definition) is 1. The molecule has 0 aromatic heterocycles. The van der Waals surface area contributed by atoms with Crippen molar-refractivity contribution in [2.24, 2.45) is 0 Å². The summed E-state index contributed by atoms with van der Waals surface area (Å²) in [5.41, 5.74) is -0.163. The summed E-state index contributed by atoms with van der Waals surface area (Å²) in [6, 6.07) is 3.68. The third-order valence-corrected chi connectivity index (χ3v) is 2.83. The van der Waals surface area contributed by atoms with Gasteiger partial charge in [-0.1, -0.05) is 6.07 Å². The van der Waals surface area contributed by atoms with Gasteiger partial charge in [0.05, 0.1) is 12.1 Å². The largest absolute Gasteiger partial charge is 0.314 e. The van der Waals surface area contributed by atoms with E-state index in [4.69, 9.17) is 0 Å². The monoisotopic (exact) mass is 240 g/mol. The average molecular weight is 240 g/mol. The molecule has 92 valence electrons. The highest BCUT2D eigenvalue weighted by Gasteiger charge is 2.19. The molecule has 1 aliphatic rings. The zero-order valence-corrected chi connectivity index (χ0v) is 9.38. The molecule has 0 radical (unpaired) electrons. The summed E-state index contributed by atoms with van der Waals surface area (Å²) in [7, 11) is 0. The number of hydrogen-bond acceptors (Lipinski definition) is 3. The maximum Gasteiger partial charge on any atom is 0.179 e. The third kappa shape index (κ3) is 2.87. The SMILES string of the molecule is O=C(CN1CCNCC1)c1cccc(F)c1F. The van der Waals surface area contributed by atoms with Gasteiger partial charge in [0.1, 0.15) is 0 Å². The Hall–Kier alpha value is -1.33. The summed E-state index contributed by atoms with van der Waals surface area (Å²) in [5.74, 6) is -2.40. The van der Waals surface area contributed by atoms with E-state index in [1.807, 2.05) is 4.90 Å². The van der Waals surface area contributed by atoms with Crippen LogP contribution < -0.4 is 5.32 Å². The van der Waals surface area contributed by atoms with Gasteiger partial charge in [-0.2, -0.15) is 0 Å². The molecule has 2 rings (SSSR count). The Morgan fingerprint density at radius 3 is 2.71 bits per heavy atom. The third-order valence-electron chi connectivity index (χ3n) is 2.83. The molecule has 0 atom stereocenters. The highest BCUT2D eigenvalue weighted by Crippen LogP contribution is 2.12. The average Bonchev–Trinajstić information content (AvgIpc) is 2.34. The summed E-state index contributed by atoms with van der Waals surface area (Å²) >= 11 is 0. The molecular formula is C12H14F2N2O. The van der Waals surface area contributed by atoms with Gasteiger partial charge in [0.25, 0.3) is 0 Å². The van der Waals surface area contributed by atoms with Crippen LogP contribution in [0.25, 0.3) is 0 Å². The molecule has 5 heteroatoms. The molecule has 0 bridgehead atoms. The molecule has 0 aliphatic carbocycles.